The quantitative estimate of drug-likeness (QED) is 0.622. The van der Waals surface area contributed by atoms with E-state index in [-0.39, 0.29) is 48.0 Å². The lowest BCUT2D eigenvalue weighted by Crippen LogP contribution is -2.16. The number of fused-ring (bicyclic) bond motifs is 1. The van der Waals surface area contributed by atoms with E-state index in [1.807, 2.05) is 0 Å². The molecular formula is C18H18Cl2O6. The van der Waals surface area contributed by atoms with Crippen LogP contribution >= 0.6 is 23.2 Å². The summed E-state index contributed by atoms with van der Waals surface area (Å²) in [4.78, 5) is 23.1. The van der Waals surface area contributed by atoms with Gasteiger partial charge in [0.15, 0.2) is 13.2 Å². The van der Waals surface area contributed by atoms with E-state index in [1.165, 1.54) is 0 Å². The van der Waals surface area contributed by atoms with Crippen molar-refractivity contribution in [2.45, 2.75) is 13.8 Å². The Labute approximate surface area is 160 Å². The second-order valence-electron chi connectivity index (χ2n) is 5.02. The molecule has 2 rings (SSSR count). The molecule has 0 N–H and O–H groups in total. The molecule has 0 saturated carbocycles. The summed E-state index contributed by atoms with van der Waals surface area (Å²) in [5.74, 6) is -0.564. The first-order valence-electron chi connectivity index (χ1n) is 7.96. The van der Waals surface area contributed by atoms with Crippen molar-refractivity contribution >= 4 is 45.9 Å². The van der Waals surface area contributed by atoms with E-state index in [4.69, 9.17) is 42.1 Å². The van der Waals surface area contributed by atoms with Gasteiger partial charge in [-0.05, 0) is 13.8 Å². The van der Waals surface area contributed by atoms with Gasteiger partial charge in [-0.25, -0.2) is 9.59 Å². The molecular weight excluding hydrogens is 383 g/mol. The number of benzene rings is 2. The highest BCUT2D eigenvalue weighted by atomic mass is 35.5. The fraction of sp³-hybridized carbons (Fsp3) is 0.333. The summed E-state index contributed by atoms with van der Waals surface area (Å²) in [5, 5.41) is 1.33. The largest absolute Gasteiger partial charge is 0.480 e. The standard InChI is InChI=1S/C18H18Cl2O6/c1-3-23-13(21)9-25-17-11-7-5-6-8-12(11)18(16(20)15(17)19)26-10-14(22)24-4-2/h5-8H,3-4,9-10H2,1-2H3. The first kappa shape index (κ1) is 20.1. The maximum Gasteiger partial charge on any atom is 0.344 e. The molecule has 0 fully saturated rings. The second kappa shape index (κ2) is 9.50. The summed E-state index contributed by atoms with van der Waals surface area (Å²) in [6.07, 6.45) is 0. The third-order valence-electron chi connectivity index (χ3n) is 3.29. The number of carbonyl (C=O) groups excluding carboxylic acids is 2. The monoisotopic (exact) mass is 400 g/mol. The van der Waals surface area contributed by atoms with Crippen molar-refractivity contribution in [3.05, 3.63) is 34.3 Å². The molecule has 0 unspecified atom stereocenters. The van der Waals surface area contributed by atoms with Crippen molar-refractivity contribution in [1.82, 2.24) is 0 Å². The highest BCUT2D eigenvalue weighted by molar-refractivity contribution is 6.45. The van der Waals surface area contributed by atoms with E-state index in [2.05, 4.69) is 0 Å². The van der Waals surface area contributed by atoms with Gasteiger partial charge in [-0.3, -0.25) is 0 Å². The minimum atomic E-state index is -0.522. The molecule has 0 atom stereocenters. The molecule has 0 amide bonds. The lowest BCUT2D eigenvalue weighted by Gasteiger charge is -2.16. The highest BCUT2D eigenvalue weighted by Crippen LogP contribution is 2.46. The Bertz CT molecular complexity index is 739. The van der Waals surface area contributed by atoms with Crippen LogP contribution < -0.4 is 9.47 Å². The molecule has 2 aromatic rings. The first-order chi connectivity index (χ1) is 12.5. The Hall–Kier alpha value is -2.18. The molecule has 0 aliphatic rings. The average molecular weight is 401 g/mol. The van der Waals surface area contributed by atoms with Crippen LogP contribution in [0.3, 0.4) is 0 Å². The maximum atomic E-state index is 11.6. The number of ether oxygens (including phenoxy) is 4. The van der Waals surface area contributed by atoms with E-state index in [9.17, 15) is 9.59 Å². The summed E-state index contributed by atoms with van der Waals surface area (Å²) in [5.41, 5.74) is 0. The van der Waals surface area contributed by atoms with Crippen LogP contribution in [0.25, 0.3) is 10.8 Å². The van der Waals surface area contributed by atoms with Gasteiger partial charge in [0.25, 0.3) is 0 Å². The van der Waals surface area contributed by atoms with Crippen LogP contribution in [0, 0.1) is 0 Å². The Morgan fingerprint density at radius 1 is 0.808 bits per heavy atom. The van der Waals surface area contributed by atoms with E-state index in [0.29, 0.717) is 10.8 Å². The van der Waals surface area contributed by atoms with Gasteiger partial charge in [-0.15, -0.1) is 0 Å². The SMILES string of the molecule is CCOC(=O)COc1c(Cl)c(Cl)c(OCC(=O)OCC)c2ccccc12. The number of halogens is 2. The summed E-state index contributed by atoms with van der Waals surface area (Å²) < 4.78 is 20.7. The zero-order chi connectivity index (χ0) is 19.1. The second-order valence-corrected chi connectivity index (χ2v) is 5.78. The topological polar surface area (TPSA) is 71.1 Å². The Morgan fingerprint density at radius 2 is 1.19 bits per heavy atom. The molecule has 6 nitrogen and oxygen atoms in total. The summed E-state index contributed by atoms with van der Waals surface area (Å²) in [7, 11) is 0. The molecule has 2 aromatic carbocycles. The van der Waals surface area contributed by atoms with Gasteiger partial charge in [0.1, 0.15) is 21.5 Å². The van der Waals surface area contributed by atoms with Crippen molar-refractivity contribution in [2.75, 3.05) is 26.4 Å². The smallest absolute Gasteiger partial charge is 0.344 e. The number of carbonyl (C=O) groups is 2. The Kier molecular flexibility index (Phi) is 7.36. The van der Waals surface area contributed by atoms with E-state index in [1.54, 1.807) is 38.1 Å². The lowest BCUT2D eigenvalue weighted by molar-refractivity contribution is -0.146. The van der Waals surface area contributed by atoms with E-state index in [0.717, 1.165) is 0 Å². The predicted octanol–water partition coefficient (Wildman–Crippen LogP) is 4.03. The van der Waals surface area contributed by atoms with Crippen LogP contribution in [0.4, 0.5) is 0 Å². The molecule has 0 aromatic heterocycles. The van der Waals surface area contributed by atoms with Gasteiger partial charge < -0.3 is 18.9 Å². The molecule has 26 heavy (non-hydrogen) atoms. The third kappa shape index (κ3) is 4.71. The van der Waals surface area contributed by atoms with Gasteiger partial charge in [-0.2, -0.15) is 0 Å². The number of rotatable bonds is 8. The minimum absolute atomic E-state index is 0.0773. The van der Waals surface area contributed by atoms with Crippen LogP contribution in [-0.4, -0.2) is 38.4 Å². The lowest BCUT2D eigenvalue weighted by atomic mass is 10.1. The Morgan fingerprint density at radius 3 is 1.54 bits per heavy atom. The number of hydrogen-bond acceptors (Lipinski definition) is 6. The van der Waals surface area contributed by atoms with Crippen LogP contribution in [0.2, 0.25) is 10.0 Å². The first-order valence-corrected chi connectivity index (χ1v) is 8.71. The highest BCUT2D eigenvalue weighted by Gasteiger charge is 2.21. The Balaban J connectivity index is 2.37. The van der Waals surface area contributed by atoms with Crippen LogP contribution in [0.5, 0.6) is 11.5 Å². The zero-order valence-corrected chi connectivity index (χ0v) is 15.9. The fourth-order valence-electron chi connectivity index (χ4n) is 2.26. The van der Waals surface area contributed by atoms with Crippen molar-refractivity contribution in [3.63, 3.8) is 0 Å². The maximum absolute atomic E-state index is 11.6. The van der Waals surface area contributed by atoms with E-state index < -0.39 is 11.9 Å². The van der Waals surface area contributed by atoms with Gasteiger partial charge in [0.05, 0.1) is 13.2 Å². The van der Waals surface area contributed by atoms with Crippen molar-refractivity contribution < 1.29 is 28.5 Å². The molecule has 8 heteroatoms. The predicted molar refractivity (Wildman–Crippen MR) is 98.2 cm³/mol. The number of esters is 2. The summed E-state index contributed by atoms with van der Waals surface area (Å²) in [6.45, 7) is 3.28. The molecule has 140 valence electrons. The van der Waals surface area contributed by atoms with Crippen molar-refractivity contribution in [2.24, 2.45) is 0 Å². The van der Waals surface area contributed by atoms with Gasteiger partial charge in [0, 0.05) is 10.8 Å². The van der Waals surface area contributed by atoms with Gasteiger partial charge >= 0.3 is 11.9 Å². The normalized spacial score (nSPS) is 10.5. The number of hydrogen-bond donors (Lipinski definition) is 0. The van der Waals surface area contributed by atoms with E-state index >= 15 is 0 Å². The van der Waals surface area contributed by atoms with Crippen molar-refractivity contribution in [1.29, 1.82) is 0 Å². The fourth-order valence-corrected chi connectivity index (χ4v) is 2.75. The molecule has 0 bridgehead atoms. The van der Waals surface area contributed by atoms with Crippen LogP contribution in [0.1, 0.15) is 13.8 Å². The van der Waals surface area contributed by atoms with Gasteiger partial charge in [0.2, 0.25) is 0 Å². The zero-order valence-electron chi connectivity index (χ0n) is 14.3. The molecule has 0 aliphatic heterocycles. The molecule has 0 saturated heterocycles. The summed E-state index contributed by atoms with van der Waals surface area (Å²) >= 11 is 12.6. The molecule has 0 spiro atoms. The van der Waals surface area contributed by atoms with Gasteiger partial charge in [-0.1, -0.05) is 47.5 Å². The molecule has 0 radical (unpaired) electrons. The minimum Gasteiger partial charge on any atom is -0.480 e. The third-order valence-corrected chi connectivity index (χ3v) is 4.11. The van der Waals surface area contributed by atoms with Crippen molar-refractivity contribution in [3.8, 4) is 11.5 Å². The van der Waals surface area contributed by atoms with Crippen LogP contribution in [-0.2, 0) is 19.1 Å². The average Bonchev–Trinajstić information content (AvgIpc) is 2.62. The molecule has 0 aliphatic carbocycles. The van der Waals surface area contributed by atoms with Crippen LogP contribution in [0.15, 0.2) is 24.3 Å². The molecule has 0 heterocycles. The summed E-state index contributed by atoms with van der Waals surface area (Å²) in [6, 6.07) is 7.04.